The van der Waals surface area contributed by atoms with Crippen molar-refractivity contribution in [1.82, 2.24) is 14.8 Å². The van der Waals surface area contributed by atoms with Gasteiger partial charge in [-0.1, -0.05) is 0 Å². The van der Waals surface area contributed by atoms with Gasteiger partial charge in [0, 0.05) is 0 Å². The van der Waals surface area contributed by atoms with Crippen LogP contribution in [0.4, 0.5) is 5.95 Å². The first-order valence-electron chi connectivity index (χ1n) is 4.08. The third-order valence-corrected chi connectivity index (χ3v) is 1.81. The molecule has 8 heteroatoms. The molecular formula is C7H10N4O4. The van der Waals surface area contributed by atoms with Crippen molar-refractivity contribution in [2.75, 3.05) is 5.73 Å². The Kier molecular flexibility index (Phi) is 3.21. The van der Waals surface area contributed by atoms with Gasteiger partial charge in [0.25, 0.3) is 0 Å². The van der Waals surface area contributed by atoms with Crippen molar-refractivity contribution in [1.29, 1.82) is 0 Å². The minimum atomic E-state index is -1.20. The smallest absolute Gasteiger partial charge is 0.308 e. The average molecular weight is 214 g/mol. The number of nitrogens with zero attached hydrogens (tertiary/aromatic N) is 3. The number of rotatable bonds is 5. The van der Waals surface area contributed by atoms with Crippen LogP contribution < -0.4 is 5.73 Å². The quantitative estimate of drug-likeness (QED) is 0.574. The molecule has 1 rings (SSSR count). The zero-order valence-corrected chi connectivity index (χ0v) is 7.70. The van der Waals surface area contributed by atoms with Gasteiger partial charge in [-0.3, -0.25) is 9.59 Å². The molecule has 0 fully saturated rings. The molecule has 4 N–H and O–H groups in total. The van der Waals surface area contributed by atoms with E-state index in [1.54, 1.807) is 0 Å². The van der Waals surface area contributed by atoms with Gasteiger partial charge in [0.2, 0.25) is 5.95 Å². The van der Waals surface area contributed by atoms with Gasteiger partial charge in [-0.15, -0.1) is 0 Å². The van der Waals surface area contributed by atoms with Crippen LogP contribution in [0.25, 0.3) is 0 Å². The molecule has 15 heavy (non-hydrogen) atoms. The summed E-state index contributed by atoms with van der Waals surface area (Å²) in [6, 6.07) is 0. The summed E-state index contributed by atoms with van der Waals surface area (Å²) in [6.45, 7) is -0.104. The predicted molar refractivity (Wildman–Crippen MR) is 47.8 cm³/mol. The van der Waals surface area contributed by atoms with Crippen molar-refractivity contribution < 1.29 is 19.8 Å². The second-order valence-electron chi connectivity index (χ2n) is 2.93. The summed E-state index contributed by atoms with van der Waals surface area (Å²) < 4.78 is 1.15. The highest BCUT2D eigenvalue weighted by Crippen LogP contribution is 2.08. The molecule has 0 bridgehead atoms. The number of carboxylic acid groups (broad SMARTS) is 2. The van der Waals surface area contributed by atoms with Gasteiger partial charge in [0.05, 0.1) is 18.9 Å². The molecule has 0 amide bonds. The molecule has 0 aliphatic rings. The van der Waals surface area contributed by atoms with E-state index in [1.165, 1.54) is 6.33 Å². The topological polar surface area (TPSA) is 131 Å². The number of nitrogens with two attached hydrogens (primary N) is 1. The molecule has 0 aromatic carbocycles. The lowest BCUT2D eigenvalue weighted by Crippen LogP contribution is -2.24. The monoisotopic (exact) mass is 214 g/mol. The highest BCUT2D eigenvalue weighted by molar-refractivity contribution is 5.77. The Hall–Kier alpha value is -2.12. The maximum absolute atomic E-state index is 10.7. The van der Waals surface area contributed by atoms with Crippen molar-refractivity contribution in [3.8, 4) is 0 Å². The van der Waals surface area contributed by atoms with Crippen LogP contribution in [0.5, 0.6) is 0 Å². The number of hydrogen-bond acceptors (Lipinski definition) is 5. The first kappa shape index (κ1) is 11.0. The summed E-state index contributed by atoms with van der Waals surface area (Å²) in [6.07, 6.45) is 0.698. The number of aromatic nitrogens is 3. The number of carbonyl (C=O) groups is 2. The van der Waals surface area contributed by atoms with Crippen LogP contribution in [-0.2, 0) is 16.1 Å². The highest BCUT2D eigenvalue weighted by Gasteiger charge is 2.22. The molecule has 1 aromatic heterocycles. The third kappa shape index (κ3) is 2.93. The van der Waals surface area contributed by atoms with Crippen LogP contribution in [0.1, 0.15) is 6.42 Å². The van der Waals surface area contributed by atoms with Gasteiger partial charge in [-0.25, -0.2) is 9.67 Å². The molecule has 0 radical (unpaired) electrons. The summed E-state index contributed by atoms with van der Waals surface area (Å²) in [5, 5.41) is 20.9. The van der Waals surface area contributed by atoms with Gasteiger partial charge in [-0.05, 0) is 0 Å². The molecular weight excluding hydrogens is 204 g/mol. The molecule has 0 saturated carbocycles. The number of aliphatic carboxylic acids is 2. The Balaban J connectivity index is 2.71. The maximum atomic E-state index is 10.7. The van der Waals surface area contributed by atoms with Crippen molar-refractivity contribution >= 4 is 17.9 Å². The summed E-state index contributed by atoms with van der Waals surface area (Å²) in [4.78, 5) is 24.7. The molecule has 0 aliphatic heterocycles. The number of carboxylic acids is 2. The van der Waals surface area contributed by atoms with E-state index in [2.05, 4.69) is 10.1 Å². The Labute approximate surface area is 84.3 Å². The third-order valence-electron chi connectivity index (χ3n) is 1.81. The number of anilines is 1. The molecule has 0 saturated heterocycles. The first-order valence-corrected chi connectivity index (χ1v) is 4.08. The fourth-order valence-electron chi connectivity index (χ4n) is 1.06. The molecule has 0 spiro atoms. The normalized spacial score (nSPS) is 12.3. The Morgan fingerprint density at radius 1 is 1.53 bits per heavy atom. The summed E-state index contributed by atoms with van der Waals surface area (Å²) in [5.41, 5.74) is 5.37. The van der Waals surface area contributed by atoms with Crippen LogP contribution in [0, 0.1) is 5.92 Å². The summed E-state index contributed by atoms with van der Waals surface area (Å²) >= 11 is 0. The van der Waals surface area contributed by atoms with Gasteiger partial charge < -0.3 is 15.9 Å². The van der Waals surface area contributed by atoms with Crippen LogP contribution in [0.3, 0.4) is 0 Å². The van der Waals surface area contributed by atoms with E-state index in [0.29, 0.717) is 0 Å². The first-order chi connectivity index (χ1) is 7.00. The van der Waals surface area contributed by atoms with Gasteiger partial charge >= 0.3 is 11.9 Å². The largest absolute Gasteiger partial charge is 0.481 e. The summed E-state index contributed by atoms with van der Waals surface area (Å²) in [7, 11) is 0. The Bertz CT molecular complexity index is 375. The van der Waals surface area contributed by atoms with E-state index in [1.807, 2.05) is 0 Å². The van der Waals surface area contributed by atoms with E-state index in [9.17, 15) is 9.59 Å². The second kappa shape index (κ2) is 4.40. The fourth-order valence-corrected chi connectivity index (χ4v) is 1.06. The predicted octanol–water partition coefficient (Wildman–Crippen LogP) is -0.964. The minimum absolute atomic E-state index is 0.0617. The highest BCUT2D eigenvalue weighted by atomic mass is 16.4. The number of nitrogen functional groups attached to an aromatic ring is 1. The standard InChI is InChI=1S/C7H10N4O4/c8-7-9-3-10-11(7)2-4(6(14)15)1-5(12)13/h3-4H,1-2H2,(H,12,13)(H,14,15)(H2,8,9,10). The van der Waals surface area contributed by atoms with Crippen molar-refractivity contribution in [3.05, 3.63) is 6.33 Å². The minimum Gasteiger partial charge on any atom is -0.481 e. The van der Waals surface area contributed by atoms with E-state index in [-0.39, 0.29) is 12.5 Å². The lowest BCUT2D eigenvalue weighted by Gasteiger charge is -2.09. The van der Waals surface area contributed by atoms with Crippen LogP contribution in [0.15, 0.2) is 6.33 Å². The van der Waals surface area contributed by atoms with E-state index in [4.69, 9.17) is 15.9 Å². The van der Waals surface area contributed by atoms with Crippen LogP contribution in [0.2, 0.25) is 0 Å². The molecule has 82 valence electrons. The van der Waals surface area contributed by atoms with E-state index < -0.39 is 24.3 Å². The van der Waals surface area contributed by atoms with Crippen molar-refractivity contribution in [3.63, 3.8) is 0 Å². The zero-order chi connectivity index (χ0) is 11.4. The van der Waals surface area contributed by atoms with Gasteiger partial charge in [-0.2, -0.15) is 5.10 Å². The Morgan fingerprint density at radius 3 is 2.60 bits per heavy atom. The molecule has 1 atom stereocenters. The molecule has 8 nitrogen and oxygen atoms in total. The maximum Gasteiger partial charge on any atom is 0.308 e. The molecule has 1 aromatic rings. The molecule has 1 unspecified atom stereocenters. The van der Waals surface area contributed by atoms with Gasteiger partial charge in [0.15, 0.2) is 0 Å². The van der Waals surface area contributed by atoms with Gasteiger partial charge in [0.1, 0.15) is 6.33 Å². The van der Waals surface area contributed by atoms with Crippen LogP contribution >= 0.6 is 0 Å². The zero-order valence-electron chi connectivity index (χ0n) is 7.70. The van der Waals surface area contributed by atoms with Crippen molar-refractivity contribution in [2.45, 2.75) is 13.0 Å². The fraction of sp³-hybridized carbons (Fsp3) is 0.429. The lowest BCUT2D eigenvalue weighted by atomic mass is 10.1. The average Bonchev–Trinajstić information content (AvgIpc) is 2.50. The van der Waals surface area contributed by atoms with Crippen LogP contribution in [-0.4, -0.2) is 36.9 Å². The lowest BCUT2D eigenvalue weighted by molar-refractivity contribution is -0.148. The molecule has 1 heterocycles. The molecule has 0 aliphatic carbocycles. The van der Waals surface area contributed by atoms with E-state index >= 15 is 0 Å². The summed E-state index contributed by atoms with van der Waals surface area (Å²) in [5.74, 6) is -3.38. The Morgan fingerprint density at radius 2 is 2.20 bits per heavy atom. The van der Waals surface area contributed by atoms with E-state index in [0.717, 1.165) is 4.68 Å². The van der Waals surface area contributed by atoms with Crippen molar-refractivity contribution in [2.24, 2.45) is 5.92 Å². The second-order valence-corrected chi connectivity index (χ2v) is 2.93. The SMILES string of the molecule is Nc1ncnn1CC(CC(=O)O)C(=O)O. The number of hydrogen-bond donors (Lipinski definition) is 3.